The van der Waals surface area contributed by atoms with E-state index in [-0.39, 0.29) is 5.91 Å². The molecule has 0 aliphatic carbocycles. The van der Waals surface area contributed by atoms with Gasteiger partial charge in [-0.1, -0.05) is 48.0 Å². The topological polar surface area (TPSA) is 57.6 Å². The zero-order valence-corrected chi connectivity index (χ0v) is 14.8. The Bertz CT molecular complexity index is 796. The number of nitrogens with zero attached hydrogens (tertiary/aromatic N) is 1. The first-order valence-corrected chi connectivity index (χ1v) is 8.66. The van der Waals surface area contributed by atoms with Crippen molar-refractivity contribution in [2.75, 3.05) is 13.1 Å². The summed E-state index contributed by atoms with van der Waals surface area (Å²) in [6.45, 7) is 2.69. The largest absolute Gasteiger partial charge is 0.481 e. The van der Waals surface area contributed by atoms with E-state index in [4.69, 9.17) is 11.6 Å². The quantitative estimate of drug-likeness (QED) is 0.906. The lowest BCUT2D eigenvalue weighted by molar-refractivity contribution is -0.145. The highest BCUT2D eigenvalue weighted by Gasteiger charge is 2.44. The van der Waals surface area contributed by atoms with E-state index in [0.717, 1.165) is 11.1 Å². The zero-order valence-electron chi connectivity index (χ0n) is 14.0. The number of likely N-dealkylation sites (tertiary alicyclic amines) is 1. The molecule has 1 aliphatic rings. The first kappa shape index (κ1) is 17.5. The molecule has 130 valence electrons. The number of piperidine rings is 1. The van der Waals surface area contributed by atoms with Crippen LogP contribution in [-0.4, -0.2) is 35.0 Å². The van der Waals surface area contributed by atoms with E-state index in [1.165, 1.54) is 0 Å². The summed E-state index contributed by atoms with van der Waals surface area (Å²) in [6.07, 6.45) is 0.801. The molecule has 1 fully saturated rings. The lowest BCUT2D eigenvalue weighted by Crippen LogP contribution is -2.49. The van der Waals surface area contributed by atoms with Gasteiger partial charge in [0.25, 0.3) is 5.91 Å². The van der Waals surface area contributed by atoms with Crippen LogP contribution in [0.4, 0.5) is 0 Å². The van der Waals surface area contributed by atoms with E-state index >= 15 is 0 Å². The minimum Gasteiger partial charge on any atom is -0.481 e. The molecule has 0 atom stereocenters. The molecule has 0 spiro atoms. The number of benzene rings is 2. The van der Waals surface area contributed by atoms with E-state index in [9.17, 15) is 14.7 Å². The number of rotatable bonds is 3. The molecule has 1 N–H and O–H groups in total. The van der Waals surface area contributed by atoms with Gasteiger partial charge in [0, 0.05) is 23.7 Å². The molecule has 0 saturated carbocycles. The summed E-state index contributed by atoms with van der Waals surface area (Å²) in [4.78, 5) is 26.5. The maximum atomic E-state index is 12.8. The van der Waals surface area contributed by atoms with Gasteiger partial charge in [0.1, 0.15) is 0 Å². The van der Waals surface area contributed by atoms with E-state index in [1.54, 1.807) is 17.0 Å². The van der Waals surface area contributed by atoms with Crippen molar-refractivity contribution < 1.29 is 14.7 Å². The first-order valence-electron chi connectivity index (χ1n) is 8.28. The summed E-state index contributed by atoms with van der Waals surface area (Å²) < 4.78 is 0. The molecule has 1 amide bonds. The average Bonchev–Trinajstić information content (AvgIpc) is 2.64. The lowest BCUT2D eigenvalue weighted by atomic mass is 9.72. The lowest BCUT2D eigenvalue weighted by Gasteiger charge is -2.39. The van der Waals surface area contributed by atoms with Crippen molar-refractivity contribution >= 4 is 23.5 Å². The summed E-state index contributed by atoms with van der Waals surface area (Å²) in [7, 11) is 0. The number of carbonyl (C=O) groups is 2. The van der Waals surface area contributed by atoms with E-state index in [1.807, 2.05) is 43.3 Å². The molecule has 1 saturated heterocycles. The number of amides is 1. The molecular weight excluding hydrogens is 338 g/mol. The van der Waals surface area contributed by atoms with Crippen LogP contribution in [0.1, 0.15) is 34.3 Å². The maximum absolute atomic E-state index is 12.8. The van der Waals surface area contributed by atoms with Crippen molar-refractivity contribution in [2.24, 2.45) is 0 Å². The second kappa shape index (κ2) is 6.89. The van der Waals surface area contributed by atoms with Crippen molar-refractivity contribution in [1.29, 1.82) is 0 Å². The van der Waals surface area contributed by atoms with E-state index < -0.39 is 11.4 Å². The molecule has 0 bridgehead atoms. The van der Waals surface area contributed by atoms with Crippen LogP contribution in [0.3, 0.4) is 0 Å². The maximum Gasteiger partial charge on any atom is 0.314 e. The Balaban J connectivity index is 1.82. The molecule has 4 nitrogen and oxygen atoms in total. The summed E-state index contributed by atoms with van der Waals surface area (Å²) in [5.41, 5.74) is 1.32. The Labute approximate surface area is 152 Å². The predicted molar refractivity (Wildman–Crippen MR) is 97.1 cm³/mol. The van der Waals surface area contributed by atoms with Crippen molar-refractivity contribution in [3.8, 4) is 0 Å². The van der Waals surface area contributed by atoms with E-state index in [2.05, 4.69) is 0 Å². The van der Waals surface area contributed by atoms with Crippen LogP contribution in [-0.2, 0) is 10.2 Å². The minimum absolute atomic E-state index is 0.0907. The van der Waals surface area contributed by atoms with Crippen LogP contribution in [0.5, 0.6) is 0 Å². The van der Waals surface area contributed by atoms with Crippen LogP contribution < -0.4 is 0 Å². The second-order valence-electron chi connectivity index (χ2n) is 6.50. The highest BCUT2D eigenvalue weighted by atomic mass is 35.5. The van der Waals surface area contributed by atoms with Crippen LogP contribution in [0.2, 0.25) is 5.02 Å². The Hall–Kier alpha value is -2.33. The summed E-state index contributed by atoms with van der Waals surface area (Å²) >= 11 is 6.02. The van der Waals surface area contributed by atoms with Gasteiger partial charge in [-0.25, -0.2) is 0 Å². The smallest absolute Gasteiger partial charge is 0.314 e. The fourth-order valence-corrected chi connectivity index (χ4v) is 3.64. The number of carboxylic acid groups (broad SMARTS) is 1. The number of aryl methyl sites for hydroxylation is 1. The van der Waals surface area contributed by atoms with Gasteiger partial charge in [0.05, 0.1) is 5.41 Å². The molecule has 0 radical (unpaired) electrons. The van der Waals surface area contributed by atoms with Crippen LogP contribution in [0.15, 0.2) is 48.5 Å². The molecule has 5 heteroatoms. The van der Waals surface area contributed by atoms with Crippen molar-refractivity contribution in [3.05, 3.63) is 70.2 Å². The van der Waals surface area contributed by atoms with Gasteiger partial charge in [-0.2, -0.15) is 0 Å². The Kier molecular flexibility index (Phi) is 4.82. The monoisotopic (exact) mass is 357 g/mol. The number of aliphatic carboxylic acids is 1. The third-order valence-corrected chi connectivity index (χ3v) is 5.31. The Morgan fingerprint density at radius 1 is 1.08 bits per heavy atom. The van der Waals surface area contributed by atoms with Gasteiger partial charge in [0.15, 0.2) is 0 Å². The molecular formula is C20H20ClNO3. The SMILES string of the molecule is Cc1ccc(Cl)cc1C(=O)N1CCC(C(=O)O)(c2ccccc2)CC1. The molecule has 3 rings (SSSR count). The number of carboxylic acids is 1. The molecule has 2 aromatic carbocycles. The van der Waals surface area contributed by atoms with Gasteiger partial charge in [-0.15, -0.1) is 0 Å². The molecule has 25 heavy (non-hydrogen) atoms. The van der Waals surface area contributed by atoms with Crippen molar-refractivity contribution in [2.45, 2.75) is 25.2 Å². The molecule has 1 aliphatic heterocycles. The summed E-state index contributed by atoms with van der Waals surface area (Å²) in [5.74, 6) is -0.920. The average molecular weight is 358 g/mol. The summed E-state index contributed by atoms with van der Waals surface area (Å²) in [6, 6.07) is 14.5. The van der Waals surface area contributed by atoms with Gasteiger partial charge in [-0.05, 0) is 43.0 Å². The first-order chi connectivity index (χ1) is 11.9. The van der Waals surface area contributed by atoms with Crippen molar-refractivity contribution in [3.63, 3.8) is 0 Å². The molecule has 1 heterocycles. The highest BCUT2D eigenvalue weighted by molar-refractivity contribution is 6.31. The van der Waals surface area contributed by atoms with Crippen LogP contribution in [0.25, 0.3) is 0 Å². The number of hydrogen-bond donors (Lipinski definition) is 1. The van der Waals surface area contributed by atoms with Gasteiger partial charge < -0.3 is 10.0 Å². The Morgan fingerprint density at radius 2 is 1.72 bits per heavy atom. The fourth-order valence-electron chi connectivity index (χ4n) is 3.47. The number of hydrogen-bond acceptors (Lipinski definition) is 2. The third kappa shape index (κ3) is 3.27. The Morgan fingerprint density at radius 3 is 2.32 bits per heavy atom. The fraction of sp³-hybridized carbons (Fsp3) is 0.300. The number of halogens is 1. The van der Waals surface area contributed by atoms with Crippen LogP contribution in [0, 0.1) is 6.92 Å². The summed E-state index contributed by atoms with van der Waals surface area (Å²) in [5, 5.41) is 10.4. The van der Waals surface area contributed by atoms with Gasteiger partial charge in [-0.3, -0.25) is 9.59 Å². The normalized spacial score (nSPS) is 16.5. The molecule has 0 aromatic heterocycles. The van der Waals surface area contributed by atoms with E-state index in [0.29, 0.717) is 36.5 Å². The molecule has 0 unspecified atom stereocenters. The third-order valence-electron chi connectivity index (χ3n) is 5.07. The number of carbonyl (C=O) groups excluding carboxylic acids is 1. The molecule has 2 aromatic rings. The highest BCUT2D eigenvalue weighted by Crippen LogP contribution is 2.36. The minimum atomic E-state index is -0.929. The zero-order chi connectivity index (χ0) is 18.0. The van der Waals surface area contributed by atoms with Gasteiger partial charge in [0.2, 0.25) is 0 Å². The standard InChI is InChI=1S/C20H20ClNO3/c1-14-7-8-16(21)13-17(14)18(23)22-11-9-20(10-12-22,19(24)25)15-5-3-2-4-6-15/h2-8,13H,9-12H2,1H3,(H,24,25). The second-order valence-corrected chi connectivity index (χ2v) is 6.94. The predicted octanol–water partition coefficient (Wildman–Crippen LogP) is 3.91. The van der Waals surface area contributed by atoms with Gasteiger partial charge >= 0.3 is 5.97 Å². The van der Waals surface area contributed by atoms with Crippen LogP contribution >= 0.6 is 11.6 Å². The van der Waals surface area contributed by atoms with Crippen molar-refractivity contribution in [1.82, 2.24) is 4.90 Å².